The zero-order chi connectivity index (χ0) is 23.6. The number of alkyl halides is 6. The van der Waals surface area contributed by atoms with Crippen LogP contribution in [-0.2, 0) is 12.4 Å². The molecule has 0 fully saturated rings. The average molecular weight is 474 g/mol. The average Bonchev–Trinajstić information content (AvgIpc) is 2.60. The molecule has 32 heavy (non-hydrogen) atoms. The SMILES string of the molecule is CC(C)Oc1ccc(PC(=O)c2c(C(F)(F)F)cccc2C(F)(F)F)c(OC(C)C)c1.[H-].[Li+]. The van der Waals surface area contributed by atoms with Gasteiger partial charge in [-0.25, -0.2) is 0 Å². The molecule has 0 heterocycles. The van der Waals surface area contributed by atoms with E-state index in [2.05, 4.69) is 0 Å². The Bertz CT molecular complexity index is 916. The second kappa shape index (κ2) is 11.0. The van der Waals surface area contributed by atoms with Crippen LogP contribution in [0.1, 0.15) is 50.6 Å². The Balaban J connectivity index is 0.00000512. The van der Waals surface area contributed by atoms with Crippen LogP contribution < -0.4 is 33.6 Å². The Hall–Kier alpha value is -1.68. The summed E-state index contributed by atoms with van der Waals surface area (Å²) in [6.45, 7) is 6.97. The van der Waals surface area contributed by atoms with Crippen molar-refractivity contribution in [1.82, 2.24) is 0 Å². The molecule has 1 atom stereocenters. The zero-order valence-electron chi connectivity index (χ0n) is 19.1. The molecule has 0 aromatic heterocycles. The van der Waals surface area contributed by atoms with Crippen LogP contribution >= 0.6 is 8.58 Å². The van der Waals surface area contributed by atoms with Gasteiger partial charge in [-0.05, 0) is 60.5 Å². The summed E-state index contributed by atoms with van der Waals surface area (Å²) in [5.74, 6) is 0.566. The Morgan fingerprint density at radius 1 is 0.875 bits per heavy atom. The quantitative estimate of drug-likeness (QED) is 0.350. The van der Waals surface area contributed by atoms with Gasteiger partial charge in [0.25, 0.3) is 0 Å². The molecule has 0 saturated heterocycles. The normalized spacial score (nSPS) is 12.4. The van der Waals surface area contributed by atoms with Gasteiger partial charge >= 0.3 is 31.2 Å². The minimum atomic E-state index is -5.12. The molecule has 2 aromatic carbocycles. The molecule has 3 nitrogen and oxygen atoms in total. The predicted molar refractivity (Wildman–Crippen MR) is 108 cm³/mol. The summed E-state index contributed by atoms with van der Waals surface area (Å²) in [7, 11) is -1.02. The smallest absolute Gasteiger partial charge is 1.00 e. The topological polar surface area (TPSA) is 35.5 Å². The Kier molecular flexibility index (Phi) is 9.71. The molecule has 11 heteroatoms. The van der Waals surface area contributed by atoms with Crippen molar-refractivity contribution in [2.24, 2.45) is 0 Å². The third-order valence-electron chi connectivity index (χ3n) is 3.84. The van der Waals surface area contributed by atoms with Crippen molar-refractivity contribution < 1.29 is 60.9 Å². The van der Waals surface area contributed by atoms with Crippen molar-refractivity contribution >= 4 is 19.4 Å². The number of benzene rings is 2. The number of carbonyl (C=O) groups excluding carboxylic acids is 1. The summed E-state index contributed by atoms with van der Waals surface area (Å²) < 4.78 is 91.5. The number of rotatable bonds is 7. The fraction of sp³-hybridized carbons (Fsp3) is 0.381. The fourth-order valence-corrected chi connectivity index (χ4v) is 3.82. The molecule has 0 aliphatic rings. The van der Waals surface area contributed by atoms with Crippen LogP contribution in [0.4, 0.5) is 26.3 Å². The third-order valence-corrected chi connectivity index (χ3v) is 5.00. The van der Waals surface area contributed by atoms with E-state index in [0.29, 0.717) is 23.9 Å². The van der Waals surface area contributed by atoms with Crippen molar-refractivity contribution in [3.63, 3.8) is 0 Å². The molecule has 0 aliphatic heterocycles. The summed E-state index contributed by atoms with van der Waals surface area (Å²) in [4.78, 5) is 12.8. The molecule has 0 spiro atoms. The van der Waals surface area contributed by atoms with Gasteiger partial charge in [0, 0.05) is 16.9 Å². The first-order valence-corrected chi connectivity index (χ1v) is 10.3. The summed E-state index contributed by atoms with van der Waals surface area (Å²) in [5, 5.41) is 0.180. The van der Waals surface area contributed by atoms with Crippen molar-refractivity contribution in [3.05, 3.63) is 53.1 Å². The number of carbonyl (C=O) groups is 1. The van der Waals surface area contributed by atoms with Gasteiger partial charge in [-0.3, -0.25) is 4.79 Å². The summed E-state index contributed by atoms with van der Waals surface area (Å²) in [5.41, 5.74) is -5.91. The Morgan fingerprint density at radius 3 is 1.81 bits per heavy atom. The molecular formula is C21H22F6LiO3P. The van der Waals surface area contributed by atoms with E-state index in [1.807, 2.05) is 0 Å². The second-order valence-electron chi connectivity index (χ2n) is 7.17. The van der Waals surface area contributed by atoms with Crippen LogP contribution in [0.2, 0.25) is 0 Å². The monoisotopic (exact) mass is 474 g/mol. The third kappa shape index (κ3) is 7.43. The van der Waals surface area contributed by atoms with Crippen LogP contribution in [0.25, 0.3) is 0 Å². The van der Waals surface area contributed by atoms with Crippen molar-refractivity contribution in [2.45, 2.75) is 52.3 Å². The maximum absolute atomic E-state index is 13.4. The molecule has 172 valence electrons. The maximum atomic E-state index is 13.4. The number of hydrogen-bond acceptors (Lipinski definition) is 3. The minimum absolute atomic E-state index is 0. The van der Waals surface area contributed by atoms with Crippen LogP contribution in [0.15, 0.2) is 36.4 Å². The summed E-state index contributed by atoms with van der Waals surface area (Å²) in [6.07, 6.45) is -10.8. The first-order chi connectivity index (χ1) is 14.2. The van der Waals surface area contributed by atoms with Crippen LogP contribution in [0.3, 0.4) is 0 Å². The van der Waals surface area contributed by atoms with Gasteiger partial charge in [0.2, 0.25) is 0 Å². The number of halogens is 6. The van der Waals surface area contributed by atoms with E-state index < -0.39 is 43.1 Å². The van der Waals surface area contributed by atoms with Crippen LogP contribution in [0.5, 0.6) is 11.5 Å². The molecule has 1 unspecified atom stereocenters. The van der Waals surface area contributed by atoms with E-state index in [-0.39, 0.29) is 43.5 Å². The number of hydrogen-bond donors (Lipinski definition) is 0. The van der Waals surface area contributed by atoms with Gasteiger partial charge in [-0.15, -0.1) is 0 Å². The largest absolute Gasteiger partial charge is 1.00 e. The van der Waals surface area contributed by atoms with Gasteiger partial charge in [0.15, 0.2) is 5.52 Å². The van der Waals surface area contributed by atoms with E-state index in [1.54, 1.807) is 27.7 Å². The van der Waals surface area contributed by atoms with E-state index in [0.717, 1.165) is 0 Å². The van der Waals surface area contributed by atoms with Crippen molar-refractivity contribution in [2.75, 3.05) is 0 Å². The molecule has 0 radical (unpaired) electrons. The molecule has 2 rings (SSSR count). The van der Waals surface area contributed by atoms with E-state index >= 15 is 0 Å². The fourth-order valence-electron chi connectivity index (χ4n) is 2.76. The van der Waals surface area contributed by atoms with Gasteiger partial charge in [0.05, 0.1) is 23.3 Å². The summed E-state index contributed by atoms with van der Waals surface area (Å²) >= 11 is 0. The first kappa shape index (κ1) is 28.4. The summed E-state index contributed by atoms with van der Waals surface area (Å²) in [6, 6.07) is 5.95. The molecule has 0 saturated carbocycles. The van der Waals surface area contributed by atoms with E-state index in [1.165, 1.54) is 18.2 Å². The first-order valence-electron chi connectivity index (χ1n) is 9.26. The van der Waals surface area contributed by atoms with Crippen molar-refractivity contribution in [1.29, 1.82) is 0 Å². The molecule has 0 amide bonds. The molecular weight excluding hydrogens is 452 g/mol. The molecule has 0 aliphatic carbocycles. The predicted octanol–water partition coefficient (Wildman–Crippen LogP) is 3.56. The van der Waals surface area contributed by atoms with Gasteiger partial charge in [-0.1, -0.05) is 6.07 Å². The Labute approximate surface area is 197 Å². The molecule has 0 bridgehead atoms. The van der Waals surface area contributed by atoms with Crippen molar-refractivity contribution in [3.8, 4) is 11.5 Å². The van der Waals surface area contributed by atoms with E-state index in [9.17, 15) is 31.1 Å². The standard InChI is InChI=1S/C21H21F6O3P.Li.H/c1-11(2)29-13-8-9-17(16(10-13)30-12(3)4)31-19(28)18-14(20(22,23)24)6-5-7-15(18)21(25,26)27;;/h5-12,31H,1-4H3;;/q;+1;-1. The minimum Gasteiger partial charge on any atom is -1.00 e. The van der Waals surface area contributed by atoms with Crippen LogP contribution in [0, 0.1) is 0 Å². The molecule has 2 aromatic rings. The second-order valence-corrected chi connectivity index (χ2v) is 8.41. The Morgan fingerprint density at radius 2 is 1.38 bits per heavy atom. The zero-order valence-corrected chi connectivity index (χ0v) is 19.1. The molecule has 0 N–H and O–H groups in total. The van der Waals surface area contributed by atoms with Gasteiger partial charge in [0.1, 0.15) is 11.5 Å². The number of ether oxygens (including phenoxy) is 2. The van der Waals surface area contributed by atoms with Crippen LogP contribution in [-0.4, -0.2) is 17.7 Å². The van der Waals surface area contributed by atoms with E-state index in [4.69, 9.17) is 9.47 Å². The van der Waals surface area contributed by atoms with Gasteiger partial charge < -0.3 is 10.9 Å². The maximum Gasteiger partial charge on any atom is 1.00 e. The van der Waals surface area contributed by atoms with Gasteiger partial charge in [-0.2, -0.15) is 26.3 Å².